The molecular formula is C7H4ClN3O2. The molecule has 66 valence electrons. The molecule has 5 nitrogen and oxygen atoms in total. The van der Waals surface area contributed by atoms with Crippen LogP contribution >= 0.6 is 11.6 Å². The summed E-state index contributed by atoms with van der Waals surface area (Å²) >= 11 is 5.73. The Labute approximate surface area is 77.7 Å². The molecule has 0 atom stereocenters. The van der Waals surface area contributed by atoms with Crippen LogP contribution in [-0.2, 0) is 0 Å². The Morgan fingerprint density at radius 2 is 2.38 bits per heavy atom. The first-order chi connectivity index (χ1) is 6.20. The van der Waals surface area contributed by atoms with E-state index in [4.69, 9.17) is 11.6 Å². The standard InChI is InChI=1S/C7H4ClN3O2/c8-6-4-9-7-5(11(12)13)2-1-3-10(6)7/h1-4H. The second-order valence-corrected chi connectivity index (χ2v) is 2.81. The summed E-state index contributed by atoms with van der Waals surface area (Å²) in [6, 6.07) is 2.94. The Hall–Kier alpha value is -1.62. The minimum absolute atomic E-state index is 0.0469. The van der Waals surface area contributed by atoms with Gasteiger partial charge in [0, 0.05) is 12.3 Å². The first kappa shape index (κ1) is 8.00. The van der Waals surface area contributed by atoms with E-state index in [1.165, 1.54) is 16.7 Å². The average molecular weight is 198 g/mol. The number of aromatic nitrogens is 2. The van der Waals surface area contributed by atoms with Crippen LogP contribution in [0.2, 0.25) is 5.15 Å². The molecule has 0 aliphatic rings. The highest BCUT2D eigenvalue weighted by Crippen LogP contribution is 2.20. The fourth-order valence-electron chi connectivity index (χ4n) is 1.11. The highest BCUT2D eigenvalue weighted by Gasteiger charge is 2.13. The van der Waals surface area contributed by atoms with Gasteiger partial charge in [0.15, 0.2) is 0 Å². The van der Waals surface area contributed by atoms with Crippen molar-refractivity contribution in [1.82, 2.24) is 9.38 Å². The molecule has 2 rings (SSSR count). The summed E-state index contributed by atoms with van der Waals surface area (Å²) in [6.45, 7) is 0. The van der Waals surface area contributed by atoms with Gasteiger partial charge in [-0.05, 0) is 6.07 Å². The van der Waals surface area contributed by atoms with Gasteiger partial charge in [0.25, 0.3) is 0 Å². The fourth-order valence-corrected chi connectivity index (χ4v) is 1.29. The van der Waals surface area contributed by atoms with Gasteiger partial charge >= 0.3 is 5.69 Å². The Morgan fingerprint density at radius 1 is 1.62 bits per heavy atom. The van der Waals surface area contributed by atoms with Gasteiger partial charge in [0.05, 0.1) is 11.1 Å². The number of pyridine rings is 1. The van der Waals surface area contributed by atoms with E-state index in [-0.39, 0.29) is 11.3 Å². The third-order valence-corrected chi connectivity index (χ3v) is 1.95. The summed E-state index contributed by atoms with van der Waals surface area (Å²) < 4.78 is 1.46. The smallest absolute Gasteiger partial charge is 0.285 e. The SMILES string of the molecule is O=[N+]([O-])c1cccn2c(Cl)cnc12. The maximum absolute atomic E-state index is 10.5. The number of nitrogens with zero attached hydrogens (tertiary/aromatic N) is 3. The minimum atomic E-state index is -0.487. The molecule has 0 spiro atoms. The van der Waals surface area contributed by atoms with Gasteiger partial charge < -0.3 is 0 Å². The van der Waals surface area contributed by atoms with Crippen LogP contribution in [0.4, 0.5) is 5.69 Å². The predicted molar refractivity (Wildman–Crippen MR) is 46.9 cm³/mol. The van der Waals surface area contributed by atoms with Gasteiger partial charge in [-0.25, -0.2) is 4.98 Å². The van der Waals surface area contributed by atoms with Crippen molar-refractivity contribution in [2.45, 2.75) is 0 Å². The van der Waals surface area contributed by atoms with Crippen LogP contribution in [0.25, 0.3) is 5.65 Å². The number of hydrogen-bond acceptors (Lipinski definition) is 3. The molecule has 6 heteroatoms. The van der Waals surface area contributed by atoms with E-state index in [0.29, 0.717) is 5.15 Å². The molecule has 0 fully saturated rings. The molecule has 0 amide bonds. The second-order valence-electron chi connectivity index (χ2n) is 2.43. The monoisotopic (exact) mass is 197 g/mol. The van der Waals surface area contributed by atoms with Crippen LogP contribution < -0.4 is 0 Å². The van der Waals surface area contributed by atoms with Gasteiger partial charge in [0.1, 0.15) is 5.15 Å². The quantitative estimate of drug-likeness (QED) is 0.518. The number of halogens is 1. The maximum atomic E-state index is 10.5. The number of imidazole rings is 1. The van der Waals surface area contributed by atoms with Gasteiger partial charge in [0.2, 0.25) is 5.65 Å². The lowest BCUT2D eigenvalue weighted by Gasteiger charge is -1.94. The van der Waals surface area contributed by atoms with E-state index in [1.807, 2.05) is 0 Å². The summed E-state index contributed by atoms with van der Waals surface area (Å²) in [6.07, 6.45) is 3.00. The van der Waals surface area contributed by atoms with Crippen LogP contribution in [0.15, 0.2) is 24.5 Å². The van der Waals surface area contributed by atoms with E-state index in [0.717, 1.165) is 0 Å². The van der Waals surface area contributed by atoms with E-state index in [2.05, 4.69) is 4.98 Å². The van der Waals surface area contributed by atoms with E-state index >= 15 is 0 Å². The molecule has 0 aliphatic heterocycles. The Morgan fingerprint density at radius 3 is 3.08 bits per heavy atom. The first-order valence-electron chi connectivity index (χ1n) is 3.46. The number of rotatable bonds is 1. The van der Waals surface area contributed by atoms with Crippen molar-refractivity contribution in [2.24, 2.45) is 0 Å². The van der Waals surface area contributed by atoms with Crippen molar-refractivity contribution >= 4 is 22.9 Å². The lowest BCUT2D eigenvalue weighted by molar-refractivity contribution is -0.383. The lowest BCUT2D eigenvalue weighted by atomic mass is 10.4. The zero-order valence-electron chi connectivity index (χ0n) is 6.35. The van der Waals surface area contributed by atoms with Crippen LogP contribution in [0.5, 0.6) is 0 Å². The van der Waals surface area contributed by atoms with Gasteiger partial charge in [-0.3, -0.25) is 14.5 Å². The third-order valence-electron chi connectivity index (χ3n) is 1.67. The molecule has 0 aromatic carbocycles. The molecule has 2 aromatic rings. The number of fused-ring (bicyclic) bond motifs is 1. The number of nitro groups is 1. The topological polar surface area (TPSA) is 60.4 Å². The highest BCUT2D eigenvalue weighted by molar-refractivity contribution is 6.29. The molecule has 0 radical (unpaired) electrons. The second kappa shape index (κ2) is 2.70. The van der Waals surface area contributed by atoms with Gasteiger partial charge in [-0.2, -0.15) is 0 Å². The van der Waals surface area contributed by atoms with Gasteiger partial charge in [-0.1, -0.05) is 11.6 Å². The van der Waals surface area contributed by atoms with Crippen molar-refractivity contribution in [2.75, 3.05) is 0 Å². The Kier molecular flexibility index (Phi) is 1.66. The summed E-state index contributed by atoms with van der Waals surface area (Å²) in [7, 11) is 0. The summed E-state index contributed by atoms with van der Waals surface area (Å²) in [4.78, 5) is 13.9. The molecule has 13 heavy (non-hydrogen) atoms. The van der Waals surface area contributed by atoms with Crippen molar-refractivity contribution in [1.29, 1.82) is 0 Å². The zero-order valence-corrected chi connectivity index (χ0v) is 7.10. The molecule has 0 saturated carbocycles. The first-order valence-corrected chi connectivity index (χ1v) is 3.84. The summed E-state index contributed by atoms with van der Waals surface area (Å²) in [5.41, 5.74) is 0.215. The molecular weight excluding hydrogens is 194 g/mol. The minimum Gasteiger partial charge on any atom is -0.285 e. The van der Waals surface area contributed by atoms with Crippen molar-refractivity contribution in [3.05, 3.63) is 39.8 Å². The molecule has 0 bridgehead atoms. The maximum Gasteiger partial charge on any atom is 0.312 e. The largest absolute Gasteiger partial charge is 0.312 e. The van der Waals surface area contributed by atoms with Crippen molar-refractivity contribution < 1.29 is 4.92 Å². The summed E-state index contributed by atoms with van der Waals surface area (Å²) in [5, 5.41) is 10.9. The van der Waals surface area contributed by atoms with Crippen LogP contribution in [0.3, 0.4) is 0 Å². The summed E-state index contributed by atoms with van der Waals surface area (Å²) in [5.74, 6) is 0. The third kappa shape index (κ3) is 1.13. The van der Waals surface area contributed by atoms with E-state index in [9.17, 15) is 10.1 Å². The van der Waals surface area contributed by atoms with Crippen LogP contribution in [0, 0.1) is 10.1 Å². The Bertz CT molecular complexity index is 480. The molecule has 0 aliphatic carbocycles. The van der Waals surface area contributed by atoms with Gasteiger partial charge in [-0.15, -0.1) is 0 Å². The lowest BCUT2D eigenvalue weighted by Crippen LogP contribution is -1.93. The molecule has 0 N–H and O–H groups in total. The zero-order chi connectivity index (χ0) is 9.42. The van der Waals surface area contributed by atoms with Crippen LogP contribution in [0.1, 0.15) is 0 Å². The predicted octanol–water partition coefficient (Wildman–Crippen LogP) is 1.90. The molecule has 0 saturated heterocycles. The van der Waals surface area contributed by atoms with E-state index < -0.39 is 4.92 Å². The average Bonchev–Trinajstić information content (AvgIpc) is 2.48. The molecule has 2 aromatic heterocycles. The van der Waals surface area contributed by atoms with Crippen molar-refractivity contribution in [3.8, 4) is 0 Å². The van der Waals surface area contributed by atoms with Crippen molar-refractivity contribution in [3.63, 3.8) is 0 Å². The molecule has 0 unspecified atom stereocenters. The van der Waals surface area contributed by atoms with Crippen LogP contribution in [-0.4, -0.2) is 14.3 Å². The molecule has 2 heterocycles. The van der Waals surface area contributed by atoms with E-state index in [1.54, 1.807) is 12.3 Å². The Balaban J connectivity index is 2.84. The number of hydrogen-bond donors (Lipinski definition) is 0. The highest BCUT2D eigenvalue weighted by atomic mass is 35.5. The fraction of sp³-hybridized carbons (Fsp3) is 0. The normalized spacial score (nSPS) is 10.5.